The number of aliphatic hydroxyl groups excluding tert-OH is 1. The first-order valence-corrected chi connectivity index (χ1v) is 12.2. The van der Waals surface area contributed by atoms with E-state index in [4.69, 9.17) is 26.0 Å². The second-order valence-electron chi connectivity index (χ2n) is 10.6. The average Bonchev–Trinajstić information content (AvgIpc) is 2.79. The summed E-state index contributed by atoms with van der Waals surface area (Å²) in [5.74, 6) is -3.65. The van der Waals surface area contributed by atoms with Crippen molar-refractivity contribution in [2.24, 2.45) is 10.7 Å². The second kappa shape index (κ2) is 15.9. The van der Waals surface area contributed by atoms with Crippen LogP contribution in [0.3, 0.4) is 0 Å². The third-order valence-electron chi connectivity index (χ3n) is 4.64. The SMILES string of the molecule is CC(C)(C)OC(=O)C(CCC(=O)C=N)=NC(=O)[C@H](CCC(=O)C=N)NC(O)CC[C@H](N)C(=O)OC(C)(C)C. The van der Waals surface area contributed by atoms with E-state index in [0.717, 1.165) is 0 Å². The van der Waals surface area contributed by atoms with Crippen molar-refractivity contribution in [2.75, 3.05) is 0 Å². The Balaban J connectivity index is 5.69. The van der Waals surface area contributed by atoms with Crippen molar-refractivity contribution in [3.8, 4) is 0 Å². The first-order valence-electron chi connectivity index (χ1n) is 12.2. The van der Waals surface area contributed by atoms with Gasteiger partial charge in [0.1, 0.15) is 29.2 Å². The molecule has 0 saturated heterocycles. The highest BCUT2D eigenvalue weighted by molar-refractivity contribution is 6.39. The van der Waals surface area contributed by atoms with Crippen molar-refractivity contribution in [1.29, 1.82) is 10.8 Å². The zero-order valence-corrected chi connectivity index (χ0v) is 23.0. The molecule has 0 aliphatic rings. The van der Waals surface area contributed by atoms with Crippen LogP contribution < -0.4 is 11.1 Å². The Bertz CT molecular complexity index is 918. The topological polar surface area (TPSA) is 222 Å². The number of nitrogens with one attached hydrogen (secondary N) is 3. The van der Waals surface area contributed by atoms with Gasteiger partial charge in [-0.05, 0) is 60.8 Å². The molecule has 1 unspecified atom stereocenters. The molecule has 0 spiro atoms. The zero-order valence-electron chi connectivity index (χ0n) is 23.0. The lowest BCUT2D eigenvalue weighted by molar-refractivity contribution is -0.156. The molecule has 1 amide bonds. The third kappa shape index (κ3) is 15.8. The number of nitrogens with zero attached hydrogens (tertiary/aromatic N) is 1. The van der Waals surface area contributed by atoms with Gasteiger partial charge < -0.3 is 31.1 Å². The highest BCUT2D eigenvalue weighted by atomic mass is 16.6. The van der Waals surface area contributed by atoms with Gasteiger partial charge in [0.05, 0.1) is 18.5 Å². The van der Waals surface area contributed by atoms with Gasteiger partial charge in [-0.3, -0.25) is 24.5 Å². The minimum atomic E-state index is -1.34. The average molecular weight is 540 g/mol. The smallest absolute Gasteiger partial charge is 0.353 e. The van der Waals surface area contributed by atoms with Crippen molar-refractivity contribution in [2.45, 2.75) is 110 Å². The largest absolute Gasteiger partial charge is 0.459 e. The molecular formula is C25H41N5O8. The number of amides is 1. The normalized spacial score (nSPS) is 14.6. The number of aliphatic imine (C=N–C) groups is 1. The Morgan fingerprint density at radius 1 is 0.868 bits per heavy atom. The van der Waals surface area contributed by atoms with E-state index in [1.807, 2.05) is 0 Å². The zero-order chi connectivity index (χ0) is 29.7. The fraction of sp³-hybridized carbons (Fsp3) is 0.680. The number of aliphatic hydroxyl groups is 1. The van der Waals surface area contributed by atoms with Gasteiger partial charge in [0.2, 0.25) is 0 Å². The number of Topliss-reactive ketones (excluding diaryl/α,β-unsaturated/α-hetero) is 2. The van der Waals surface area contributed by atoms with Crippen LogP contribution in [0, 0.1) is 10.8 Å². The maximum atomic E-state index is 13.0. The molecular weight excluding hydrogens is 498 g/mol. The summed E-state index contributed by atoms with van der Waals surface area (Å²) in [6, 6.07) is -2.27. The number of hydrogen-bond acceptors (Lipinski definition) is 12. The Hall–Kier alpha value is -3.16. The lowest BCUT2D eigenvalue weighted by atomic mass is 10.1. The van der Waals surface area contributed by atoms with Crippen molar-refractivity contribution in [1.82, 2.24) is 5.32 Å². The predicted octanol–water partition coefficient (Wildman–Crippen LogP) is 1.02. The molecule has 6 N–H and O–H groups in total. The number of esters is 2. The summed E-state index contributed by atoms with van der Waals surface area (Å²) in [6.07, 6.45) is -1.12. The van der Waals surface area contributed by atoms with Crippen LogP contribution in [0.4, 0.5) is 0 Å². The van der Waals surface area contributed by atoms with Crippen LogP contribution in [0.1, 0.15) is 80.1 Å². The maximum absolute atomic E-state index is 13.0. The summed E-state index contributed by atoms with van der Waals surface area (Å²) in [5, 5.41) is 27.1. The summed E-state index contributed by atoms with van der Waals surface area (Å²) in [7, 11) is 0. The Kier molecular flexibility index (Phi) is 14.6. The van der Waals surface area contributed by atoms with Gasteiger partial charge in [0.25, 0.3) is 5.91 Å². The monoisotopic (exact) mass is 539 g/mol. The third-order valence-corrected chi connectivity index (χ3v) is 4.64. The van der Waals surface area contributed by atoms with E-state index < -0.39 is 58.9 Å². The number of carbonyl (C=O) groups excluding carboxylic acids is 5. The lowest BCUT2D eigenvalue weighted by Gasteiger charge is -2.24. The summed E-state index contributed by atoms with van der Waals surface area (Å²) < 4.78 is 10.5. The van der Waals surface area contributed by atoms with Gasteiger partial charge in [-0.25, -0.2) is 9.79 Å². The quantitative estimate of drug-likeness (QED) is 0.106. The maximum Gasteiger partial charge on any atom is 0.353 e. The number of ether oxygens (including phenoxy) is 2. The van der Waals surface area contributed by atoms with Crippen LogP contribution in [-0.2, 0) is 33.4 Å². The van der Waals surface area contributed by atoms with Crippen molar-refractivity contribution >= 4 is 47.6 Å². The first kappa shape index (κ1) is 34.8. The summed E-state index contributed by atoms with van der Waals surface area (Å²) >= 11 is 0. The van der Waals surface area contributed by atoms with Gasteiger partial charge >= 0.3 is 11.9 Å². The van der Waals surface area contributed by atoms with Crippen LogP contribution in [0.15, 0.2) is 4.99 Å². The van der Waals surface area contributed by atoms with Gasteiger partial charge in [0, 0.05) is 19.3 Å². The number of hydrogen-bond donors (Lipinski definition) is 5. The van der Waals surface area contributed by atoms with E-state index in [-0.39, 0.29) is 44.2 Å². The molecule has 0 radical (unpaired) electrons. The molecule has 0 aromatic heterocycles. The molecule has 0 aliphatic carbocycles. The molecule has 214 valence electrons. The molecule has 3 atom stereocenters. The molecule has 13 nitrogen and oxygen atoms in total. The van der Waals surface area contributed by atoms with E-state index in [0.29, 0.717) is 12.4 Å². The highest BCUT2D eigenvalue weighted by Crippen LogP contribution is 2.13. The van der Waals surface area contributed by atoms with Crippen LogP contribution in [0.25, 0.3) is 0 Å². The molecule has 0 saturated carbocycles. The second-order valence-corrected chi connectivity index (χ2v) is 10.6. The fourth-order valence-electron chi connectivity index (χ4n) is 2.85. The molecule has 13 heteroatoms. The van der Waals surface area contributed by atoms with Crippen LogP contribution in [0.5, 0.6) is 0 Å². The van der Waals surface area contributed by atoms with Crippen LogP contribution in [0.2, 0.25) is 0 Å². The predicted molar refractivity (Wildman–Crippen MR) is 140 cm³/mol. The van der Waals surface area contributed by atoms with E-state index >= 15 is 0 Å². The fourth-order valence-corrected chi connectivity index (χ4v) is 2.85. The van der Waals surface area contributed by atoms with Crippen molar-refractivity contribution < 1.29 is 38.6 Å². The van der Waals surface area contributed by atoms with Gasteiger partial charge in [-0.2, -0.15) is 0 Å². The molecule has 0 fully saturated rings. The Morgan fingerprint density at radius 3 is 1.89 bits per heavy atom. The van der Waals surface area contributed by atoms with Gasteiger partial charge in [-0.15, -0.1) is 0 Å². The van der Waals surface area contributed by atoms with Gasteiger partial charge in [0.15, 0.2) is 11.6 Å². The number of rotatable bonds is 16. The summed E-state index contributed by atoms with van der Waals surface area (Å²) in [4.78, 5) is 64.7. The molecule has 0 rings (SSSR count). The lowest BCUT2D eigenvalue weighted by Crippen LogP contribution is -2.45. The van der Waals surface area contributed by atoms with E-state index in [1.165, 1.54) is 0 Å². The van der Waals surface area contributed by atoms with E-state index in [2.05, 4.69) is 10.3 Å². The molecule has 0 aromatic rings. The minimum Gasteiger partial charge on any atom is -0.459 e. The minimum absolute atomic E-state index is 0.0155. The molecule has 0 bridgehead atoms. The Morgan fingerprint density at radius 2 is 1.39 bits per heavy atom. The first-order chi connectivity index (χ1) is 17.4. The molecule has 0 heterocycles. The number of carbonyl (C=O) groups is 5. The highest BCUT2D eigenvalue weighted by Gasteiger charge is 2.28. The van der Waals surface area contributed by atoms with Gasteiger partial charge in [-0.1, -0.05) is 0 Å². The van der Waals surface area contributed by atoms with E-state index in [9.17, 15) is 29.1 Å². The standard InChI is InChI=1S/C25H41N5O8/c1-24(2,3)37-22(35)17(28)9-12-20(33)29-18(10-7-15(31)13-26)21(34)30-19(11-8-16(32)14-27)23(36)38-25(4,5)6/h13-14,17-18,20,26-27,29,33H,7-12,28H2,1-6H3/t17-,18-,20?/m0/s1. The number of ketones is 2. The van der Waals surface area contributed by atoms with E-state index in [1.54, 1.807) is 41.5 Å². The van der Waals surface area contributed by atoms with Crippen molar-refractivity contribution in [3.63, 3.8) is 0 Å². The molecule has 0 aliphatic heterocycles. The molecule has 38 heavy (non-hydrogen) atoms. The Labute approximate surface area is 222 Å². The number of nitrogens with two attached hydrogens (primary N) is 1. The van der Waals surface area contributed by atoms with Crippen LogP contribution in [-0.4, -0.2) is 82.2 Å². The molecule has 0 aromatic carbocycles. The summed E-state index contributed by atoms with van der Waals surface area (Å²) in [5.41, 5.74) is 3.83. The van der Waals surface area contributed by atoms with Crippen molar-refractivity contribution in [3.05, 3.63) is 0 Å². The van der Waals surface area contributed by atoms with Crippen LogP contribution >= 0.6 is 0 Å². The summed E-state index contributed by atoms with van der Waals surface area (Å²) in [6.45, 7) is 9.89.